The number of benzene rings is 1. The molecular formula is C17H23N3O3S. The van der Waals surface area contributed by atoms with Crippen molar-refractivity contribution in [3.8, 4) is 0 Å². The minimum Gasteiger partial charge on any atom is -0.351 e. The molecule has 0 unspecified atom stereocenters. The van der Waals surface area contributed by atoms with Crippen molar-refractivity contribution >= 4 is 16.7 Å². The molecule has 0 bridgehead atoms. The standard InChI is InChI=1S/C17H23N3O3S/c1-4-5-16-19-15(20-23-16)11-24(22)13(3)17(21)18-10-14-8-6-12(2)7-9-14/h6-9,13H,4-5,10-11H2,1-3H3,(H,18,21)/t13-,24+/m1/s1. The fraction of sp³-hybridized carbons (Fsp3) is 0.471. The van der Waals surface area contributed by atoms with Crippen LogP contribution in [0.2, 0.25) is 0 Å². The summed E-state index contributed by atoms with van der Waals surface area (Å²) in [6, 6.07) is 7.91. The van der Waals surface area contributed by atoms with Gasteiger partial charge < -0.3 is 9.84 Å². The maximum Gasteiger partial charge on any atom is 0.235 e. The molecule has 0 saturated heterocycles. The minimum absolute atomic E-state index is 0.117. The second-order valence-electron chi connectivity index (χ2n) is 5.73. The predicted octanol–water partition coefficient (Wildman–Crippen LogP) is 2.28. The molecule has 0 aliphatic rings. The molecule has 130 valence electrons. The molecule has 2 rings (SSSR count). The van der Waals surface area contributed by atoms with Crippen LogP contribution in [0.25, 0.3) is 0 Å². The summed E-state index contributed by atoms with van der Waals surface area (Å²) in [5.41, 5.74) is 2.18. The molecule has 1 amide bonds. The van der Waals surface area contributed by atoms with Gasteiger partial charge in [-0.3, -0.25) is 9.00 Å². The van der Waals surface area contributed by atoms with Gasteiger partial charge in [0.2, 0.25) is 11.8 Å². The summed E-state index contributed by atoms with van der Waals surface area (Å²) >= 11 is 0. The first-order chi connectivity index (χ1) is 11.5. The van der Waals surface area contributed by atoms with E-state index in [9.17, 15) is 9.00 Å². The van der Waals surface area contributed by atoms with Crippen LogP contribution < -0.4 is 5.32 Å². The lowest BCUT2D eigenvalue weighted by Gasteiger charge is -2.11. The molecule has 0 fully saturated rings. The highest BCUT2D eigenvalue weighted by Gasteiger charge is 2.21. The van der Waals surface area contributed by atoms with Crippen molar-refractivity contribution in [2.75, 3.05) is 0 Å². The Morgan fingerprint density at radius 1 is 1.33 bits per heavy atom. The highest BCUT2D eigenvalue weighted by atomic mass is 32.2. The van der Waals surface area contributed by atoms with E-state index < -0.39 is 16.0 Å². The van der Waals surface area contributed by atoms with E-state index in [0.29, 0.717) is 24.7 Å². The molecule has 24 heavy (non-hydrogen) atoms. The zero-order valence-corrected chi connectivity index (χ0v) is 15.1. The van der Waals surface area contributed by atoms with Gasteiger partial charge in [0.25, 0.3) is 0 Å². The van der Waals surface area contributed by atoms with Gasteiger partial charge in [-0.25, -0.2) is 0 Å². The van der Waals surface area contributed by atoms with Gasteiger partial charge in [-0.1, -0.05) is 41.9 Å². The molecule has 1 aromatic carbocycles. The quantitative estimate of drug-likeness (QED) is 0.790. The normalized spacial score (nSPS) is 13.5. The highest BCUT2D eigenvalue weighted by molar-refractivity contribution is 7.85. The van der Waals surface area contributed by atoms with Crippen molar-refractivity contribution in [3.63, 3.8) is 0 Å². The molecule has 1 aromatic heterocycles. The fourth-order valence-electron chi connectivity index (χ4n) is 2.07. The summed E-state index contributed by atoms with van der Waals surface area (Å²) in [4.78, 5) is 16.3. The van der Waals surface area contributed by atoms with Crippen molar-refractivity contribution in [2.45, 2.75) is 51.2 Å². The number of nitrogens with one attached hydrogen (secondary N) is 1. The van der Waals surface area contributed by atoms with Gasteiger partial charge in [0.05, 0.1) is 5.75 Å². The molecule has 0 radical (unpaired) electrons. The average Bonchev–Trinajstić information content (AvgIpc) is 3.00. The number of hydrogen-bond donors (Lipinski definition) is 1. The third-order valence-electron chi connectivity index (χ3n) is 3.60. The van der Waals surface area contributed by atoms with Crippen LogP contribution in [0.4, 0.5) is 0 Å². The number of rotatable bonds is 8. The second kappa shape index (κ2) is 8.73. The van der Waals surface area contributed by atoms with Crippen LogP contribution in [0, 0.1) is 6.92 Å². The van der Waals surface area contributed by atoms with Crippen LogP contribution in [0.1, 0.15) is 43.1 Å². The van der Waals surface area contributed by atoms with Gasteiger partial charge in [0.15, 0.2) is 5.82 Å². The van der Waals surface area contributed by atoms with E-state index in [2.05, 4.69) is 15.5 Å². The third kappa shape index (κ3) is 5.26. The van der Waals surface area contributed by atoms with Crippen LogP contribution in [0.15, 0.2) is 28.8 Å². The Kier molecular flexibility index (Phi) is 6.66. The van der Waals surface area contributed by atoms with Crippen molar-refractivity contribution in [2.24, 2.45) is 0 Å². The van der Waals surface area contributed by atoms with Gasteiger partial charge in [-0.15, -0.1) is 0 Å². The first kappa shape index (κ1) is 18.3. The number of aromatic nitrogens is 2. The van der Waals surface area contributed by atoms with Crippen molar-refractivity contribution in [1.29, 1.82) is 0 Å². The van der Waals surface area contributed by atoms with Gasteiger partial charge in [0, 0.05) is 23.8 Å². The lowest BCUT2D eigenvalue weighted by molar-refractivity contribution is -0.120. The van der Waals surface area contributed by atoms with Crippen LogP contribution in [0.3, 0.4) is 0 Å². The molecule has 1 N–H and O–H groups in total. The number of carbonyl (C=O) groups is 1. The summed E-state index contributed by atoms with van der Waals surface area (Å²) in [6.45, 7) is 6.09. The van der Waals surface area contributed by atoms with E-state index in [0.717, 1.165) is 12.0 Å². The lowest BCUT2D eigenvalue weighted by atomic mass is 10.1. The van der Waals surface area contributed by atoms with Gasteiger partial charge in [0.1, 0.15) is 5.25 Å². The maximum atomic E-state index is 12.3. The predicted molar refractivity (Wildman–Crippen MR) is 92.6 cm³/mol. The van der Waals surface area contributed by atoms with E-state index in [-0.39, 0.29) is 11.7 Å². The summed E-state index contributed by atoms with van der Waals surface area (Å²) < 4.78 is 17.4. The van der Waals surface area contributed by atoms with E-state index in [1.165, 1.54) is 5.56 Å². The van der Waals surface area contributed by atoms with Gasteiger partial charge >= 0.3 is 0 Å². The second-order valence-corrected chi connectivity index (χ2v) is 7.48. The van der Waals surface area contributed by atoms with Crippen molar-refractivity contribution in [1.82, 2.24) is 15.5 Å². The Hall–Kier alpha value is -2.02. The number of amides is 1. The van der Waals surface area contributed by atoms with E-state index in [1.54, 1.807) is 6.92 Å². The molecule has 2 atom stereocenters. The molecule has 0 spiro atoms. The molecule has 0 aliphatic carbocycles. The van der Waals surface area contributed by atoms with E-state index in [4.69, 9.17) is 4.52 Å². The average molecular weight is 349 g/mol. The molecule has 7 heteroatoms. The number of hydrogen-bond acceptors (Lipinski definition) is 5. The Labute approximate surface area is 144 Å². The van der Waals surface area contributed by atoms with Gasteiger partial charge in [-0.05, 0) is 25.8 Å². The molecule has 1 heterocycles. The summed E-state index contributed by atoms with van der Waals surface area (Å²) in [5.74, 6) is 0.800. The Balaban J connectivity index is 1.84. The lowest BCUT2D eigenvalue weighted by Crippen LogP contribution is -2.35. The summed E-state index contributed by atoms with van der Waals surface area (Å²) in [7, 11) is -1.40. The zero-order chi connectivity index (χ0) is 17.5. The number of carbonyl (C=O) groups excluding carboxylic acids is 1. The summed E-state index contributed by atoms with van der Waals surface area (Å²) in [5, 5.41) is 5.99. The van der Waals surface area contributed by atoms with Crippen LogP contribution in [-0.4, -0.2) is 25.5 Å². The molecule has 2 aromatic rings. The topological polar surface area (TPSA) is 85.1 Å². The first-order valence-electron chi connectivity index (χ1n) is 8.01. The van der Waals surface area contributed by atoms with Crippen LogP contribution >= 0.6 is 0 Å². The monoisotopic (exact) mass is 349 g/mol. The van der Waals surface area contributed by atoms with E-state index in [1.807, 2.05) is 38.1 Å². The first-order valence-corrected chi connectivity index (χ1v) is 9.39. The van der Waals surface area contributed by atoms with Crippen molar-refractivity contribution < 1.29 is 13.5 Å². The number of nitrogens with zero attached hydrogens (tertiary/aromatic N) is 2. The van der Waals surface area contributed by atoms with Crippen molar-refractivity contribution in [3.05, 3.63) is 47.1 Å². The Morgan fingerprint density at radius 2 is 2.04 bits per heavy atom. The fourth-order valence-corrected chi connectivity index (χ4v) is 3.02. The molecular weight excluding hydrogens is 326 g/mol. The van der Waals surface area contributed by atoms with Crippen LogP contribution in [-0.2, 0) is 34.3 Å². The molecule has 0 aliphatic heterocycles. The van der Waals surface area contributed by atoms with Gasteiger partial charge in [-0.2, -0.15) is 4.98 Å². The minimum atomic E-state index is -1.40. The smallest absolute Gasteiger partial charge is 0.235 e. The highest BCUT2D eigenvalue weighted by Crippen LogP contribution is 2.08. The summed E-state index contributed by atoms with van der Waals surface area (Å²) in [6.07, 6.45) is 1.61. The van der Waals surface area contributed by atoms with E-state index >= 15 is 0 Å². The molecule has 6 nitrogen and oxygen atoms in total. The number of aryl methyl sites for hydroxylation is 2. The SMILES string of the molecule is CCCc1nc(C[S@](=O)[C@H](C)C(=O)NCc2ccc(C)cc2)no1. The zero-order valence-electron chi connectivity index (χ0n) is 14.2. The largest absolute Gasteiger partial charge is 0.351 e. The Bertz CT molecular complexity index is 697. The van der Waals surface area contributed by atoms with Crippen LogP contribution in [0.5, 0.6) is 0 Å². The Morgan fingerprint density at radius 3 is 2.71 bits per heavy atom. The molecule has 0 saturated carbocycles. The maximum absolute atomic E-state index is 12.3. The third-order valence-corrected chi connectivity index (χ3v) is 5.14.